The lowest BCUT2D eigenvalue weighted by molar-refractivity contribution is -0.111. The Labute approximate surface area is 207 Å². The molecule has 4 rings (SSSR count). The smallest absolute Gasteiger partial charge is 0.248 e. The van der Waals surface area contributed by atoms with Gasteiger partial charge in [0.15, 0.2) is 0 Å². The third-order valence-corrected chi connectivity index (χ3v) is 6.16. The molecule has 1 heterocycles. The molecular formula is C27H23Cl2NO4. The predicted molar refractivity (Wildman–Crippen MR) is 138 cm³/mol. The van der Waals surface area contributed by atoms with E-state index < -0.39 is 0 Å². The average molecular weight is 496 g/mol. The second-order valence-corrected chi connectivity index (χ2v) is 8.36. The largest absolute Gasteiger partial charge is 0.497 e. The van der Waals surface area contributed by atoms with Crippen LogP contribution in [0.3, 0.4) is 0 Å². The molecule has 0 unspecified atom stereocenters. The van der Waals surface area contributed by atoms with Crippen molar-refractivity contribution in [1.29, 1.82) is 0 Å². The van der Waals surface area contributed by atoms with E-state index in [1.54, 1.807) is 31.6 Å². The molecule has 3 aromatic carbocycles. The summed E-state index contributed by atoms with van der Waals surface area (Å²) in [6.07, 6.45) is 3.22. The molecule has 0 aliphatic rings. The number of methoxy groups -OCH3 is 1. The summed E-state index contributed by atoms with van der Waals surface area (Å²) in [4.78, 5) is 12.7. The molecule has 0 aliphatic carbocycles. The van der Waals surface area contributed by atoms with Crippen LogP contribution in [0.25, 0.3) is 27.7 Å². The Kier molecular flexibility index (Phi) is 7.15. The average Bonchev–Trinajstić information content (AvgIpc) is 3.24. The van der Waals surface area contributed by atoms with Crippen molar-refractivity contribution in [2.24, 2.45) is 0 Å². The summed E-state index contributed by atoms with van der Waals surface area (Å²) < 4.78 is 17.1. The zero-order valence-corrected chi connectivity index (χ0v) is 20.5. The molecule has 174 valence electrons. The van der Waals surface area contributed by atoms with Crippen LogP contribution >= 0.6 is 23.2 Å². The lowest BCUT2D eigenvalue weighted by Crippen LogP contribution is -2.09. The van der Waals surface area contributed by atoms with E-state index in [0.29, 0.717) is 33.7 Å². The molecule has 0 fully saturated rings. The van der Waals surface area contributed by atoms with Crippen LogP contribution in [0, 0.1) is 0 Å². The van der Waals surface area contributed by atoms with Gasteiger partial charge in [-0.3, -0.25) is 4.79 Å². The summed E-state index contributed by atoms with van der Waals surface area (Å²) in [6, 6.07) is 16.7. The van der Waals surface area contributed by atoms with Crippen molar-refractivity contribution in [2.75, 3.05) is 19.0 Å². The minimum atomic E-state index is -0.329. The first-order chi connectivity index (χ1) is 16.4. The minimum absolute atomic E-state index is 0.293. The fourth-order valence-corrected chi connectivity index (χ4v) is 4.04. The van der Waals surface area contributed by atoms with Gasteiger partial charge in [0.1, 0.15) is 17.1 Å². The number of hydrogen-bond donors (Lipinski definition) is 1. The first-order valence-electron chi connectivity index (χ1n) is 10.7. The number of fused-ring (bicyclic) bond motifs is 1. The monoisotopic (exact) mass is 495 g/mol. The van der Waals surface area contributed by atoms with E-state index in [4.69, 9.17) is 37.1 Å². The molecule has 0 bridgehead atoms. The molecule has 1 amide bonds. The first-order valence-corrected chi connectivity index (χ1v) is 11.4. The van der Waals surface area contributed by atoms with Gasteiger partial charge in [-0.25, -0.2) is 0 Å². The Balaban J connectivity index is 1.74. The molecule has 34 heavy (non-hydrogen) atoms. The number of ether oxygens (including phenoxy) is 2. The Morgan fingerprint density at radius 2 is 1.91 bits per heavy atom. The van der Waals surface area contributed by atoms with Crippen LogP contribution in [0.2, 0.25) is 10.0 Å². The number of hydrogen-bond acceptors (Lipinski definition) is 4. The van der Waals surface area contributed by atoms with Crippen LogP contribution in [-0.4, -0.2) is 19.6 Å². The third-order valence-electron chi connectivity index (χ3n) is 5.34. The maximum absolute atomic E-state index is 12.7. The van der Waals surface area contributed by atoms with Gasteiger partial charge < -0.3 is 19.2 Å². The van der Waals surface area contributed by atoms with Crippen molar-refractivity contribution in [3.05, 3.63) is 82.5 Å². The predicted octanol–water partition coefficient (Wildman–Crippen LogP) is 7.86. The third kappa shape index (κ3) is 4.91. The molecule has 1 N–H and O–H groups in total. The molecule has 4 aromatic rings. The van der Waals surface area contributed by atoms with Crippen LogP contribution in [0.4, 0.5) is 5.69 Å². The molecule has 0 atom stereocenters. The molecule has 0 saturated heterocycles. The van der Waals surface area contributed by atoms with Gasteiger partial charge in [0, 0.05) is 28.7 Å². The van der Waals surface area contributed by atoms with Crippen molar-refractivity contribution >= 4 is 51.3 Å². The van der Waals surface area contributed by atoms with Crippen LogP contribution in [0.15, 0.2) is 71.4 Å². The number of anilines is 1. The highest BCUT2D eigenvalue weighted by Gasteiger charge is 2.16. The number of carbonyl (C=O) groups is 1. The van der Waals surface area contributed by atoms with Crippen LogP contribution in [-0.2, 0) is 4.79 Å². The van der Waals surface area contributed by atoms with E-state index in [1.165, 1.54) is 6.08 Å². The molecule has 0 saturated carbocycles. The van der Waals surface area contributed by atoms with E-state index in [2.05, 4.69) is 5.32 Å². The number of allylic oxidation sites excluding steroid dienone is 1. The van der Waals surface area contributed by atoms with Crippen LogP contribution in [0.5, 0.6) is 11.5 Å². The number of rotatable bonds is 7. The zero-order valence-electron chi connectivity index (χ0n) is 18.9. The number of amides is 1. The standard InChI is InChI=1S/C27H23Cl2NO4/c1-4-33-24-14-25-20(21(15-34-25)17-7-5-8-18(12-17)32-3)13-19(24)16(2)11-26(31)30-23-10-6-9-22(28)27(23)29/h5-15H,4H2,1-3H3,(H,30,31)/b16-11+. The quantitative estimate of drug-likeness (QED) is 0.265. The summed E-state index contributed by atoms with van der Waals surface area (Å²) >= 11 is 12.3. The Hall–Kier alpha value is -3.41. The van der Waals surface area contributed by atoms with E-state index >= 15 is 0 Å². The van der Waals surface area contributed by atoms with Crippen molar-refractivity contribution in [2.45, 2.75) is 13.8 Å². The summed E-state index contributed by atoms with van der Waals surface area (Å²) in [6.45, 7) is 4.23. The fourth-order valence-electron chi connectivity index (χ4n) is 3.70. The lowest BCUT2D eigenvalue weighted by Gasteiger charge is -2.12. The van der Waals surface area contributed by atoms with E-state index in [9.17, 15) is 4.79 Å². The van der Waals surface area contributed by atoms with E-state index in [1.807, 2.05) is 50.2 Å². The van der Waals surface area contributed by atoms with Crippen LogP contribution in [0.1, 0.15) is 19.4 Å². The highest BCUT2D eigenvalue weighted by molar-refractivity contribution is 6.44. The van der Waals surface area contributed by atoms with Gasteiger partial charge in [-0.05, 0) is 55.3 Å². The van der Waals surface area contributed by atoms with Gasteiger partial charge in [0.25, 0.3) is 0 Å². The van der Waals surface area contributed by atoms with E-state index in [0.717, 1.165) is 33.4 Å². The minimum Gasteiger partial charge on any atom is -0.497 e. The van der Waals surface area contributed by atoms with Crippen molar-refractivity contribution in [1.82, 2.24) is 0 Å². The molecule has 1 aromatic heterocycles. The number of carbonyl (C=O) groups excluding carboxylic acids is 1. The fraction of sp³-hybridized carbons (Fsp3) is 0.148. The summed E-state index contributed by atoms with van der Waals surface area (Å²) in [5.41, 5.74) is 4.52. The summed E-state index contributed by atoms with van der Waals surface area (Å²) in [5.74, 6) is 1.05. The maximum Gasteiger partial charge on any atom is 0.248 e. The Bertz CT molecular complexity index is 1390. The highest BCUT2D eigenvalue weighted by Crippen LogP contribution is 2.38. The number of furan rings is 1. The number of benzene rings is 3. The molecule has 0 radical (unpaired) electrons. The van der Waals surface area contributed by atoms with Gasteiger partial charge in [-0.15, -0.1) is 0 Å². The zero-order chi connectivity index (χ0) is 24.2. The SMILES string of the molecule is CCOc1cc2occ(-c3cccc(OC)c3)c2cc1/C(C)=C/C(=O)Nc1cccc(Cl)c1Cl. The van der Waals surface area contributed by atoms with Crippen molar-refractivity contribution < 1.29 is 18.7 Å². The molecule has 0 aliphatic heterocycles. The molecular weight excluding hydrogens is 473 g/mol. The number of halogens is 2. The second-order valence-electron chi connectivity index (χ2n) is 7.58. The van der Waals surface area contributed by atoms with Crippen molar-refractivity contribution in [3.63, 3.8) is 0 Å². The Morgan fingerprint density at radius 3 is 2.68 bits per heavy atom. The highest BCUT2D eigenvalue weighted by atomic mass is 35.5. The normalized spacial score (nSPS) is 11.5. The van der Waals surface area contributed by atoms with Gasteiger partial charge in [0.05, 0.1) is 35.7 Å². The Morgan fingerprint density at radius 1 is 1.12 bits per heavy atom. The molecule has 0 spiro atoms. The topological polar surface area (TPSA) is 60.7 Å². The van der Waals surface area contributed by atoms with Gasteiger partial charge >= 0.3 is 0 Å². The summed E-state index contributed by atoms with van der Waals surface area (Å²) in [7, 11) is 1.63. The van der Waals surface area contributed by atoms with Crippen LogP contribution < -0.4 is 14.8 Å². The molecule has 7 heteroatoms. The van der Waals surface area contributed by atoms with E-state index in [-0.39, 0.29) is 5.91 Å². The van der Waals surface area contributed by atoms with Crippen molar-refractivity contribution in [3.8, 4) is 22.6 Å². The van der Waals surface area contributed by atoms with Gasteiger partial charge in [-0.1, -0.05) is 41.4 Å². The first kappa shape index (κ1) is 23.7. The van der Waals surface area contributed by atoms with Gasteiger partial charge in [0.2, 0.25) is 5.91 Å². The lowest BCUT2D eigenvalue weighted by atomic mass is 9.99. The summed E-state index contributed by atoms with van der Waals surface area (Å²) in [5, 5.41) is 4.34. The second kappa shape index (κ2) is 10.2. The maximum atomic E-state index is 12.7. The molecule has 5 nitrogen and oxygen atoms in total. The number of nitrogens with one attached hydrogen (secondary N) is 1. The van der Waals surface area contributed by atoms with Gasteiger partial charge in [-0.2, -0.15) is 0 Å².